The van der Waals surface area contributed by atoms with Crippen molar-refractivity contribution in [1.29, 1.82) is 0 Å². The van der Waals surface area contributed by atoms with Crippen LogP contribution in [0.25, 0.3) is 0 Å². The third-order valence-electron chi connectivity index (χ3n) is 11.9. The molecule has 1 spiro atoms. The molecule has 2 saturated heterocycles. The van der Waals surface area contributed by atoms with E-state index in [2.05, 4.69) is 34.7 Å². The molecule has 3 aromatic rings. The number of fused-ring (bicyclic) bond motifs is 2. The monoisotopic (exact) mass is 824 g/mol. The maximum Gasteiger partial charge on any atom is 0.313 e. The van der Waals surface area contributed by atoms with Crippen LogP contribution in [0.4, 0.5) is 11.4 Å². The van der Waals surface area contributed by atoms with Crippen LogP contribution in [0, 0.1) is 11.8 Å². The molecule has 1 N–H and O–H groups in total. The van der Waals surface area contributed by atoms with E-state index >= 15 is 9.59 Å². The number of esters is 1. The highest BCUT2D eigenvalue weighted by molar-refractivity contribution is 9.11. The van der Waals surface area contributed by atoms with Crippen LogP contribution < -0.4 is 9.80 Å². The number of benzene rings is 3. The number of carbonyl (C=O) groups is 4. The van der Waals surface area contributed by atoms with Crippen LogP contribution in [0.1, 0.15) is 56.9 Å². The summed E-state index contributed by atoms with van der Waals surface area (Å²) in [4.78, 5) is 65.9. The highest BCUT2D eigenvalue weighted by Gasteiger charge is 2.75. The number of amides is 3. The molecule has 2 fully saturated rings. The van der Waals surface area contributed by atoms with Gasteiger partial charge in [-0.2, -0.15) is 0 Å². The number of likely N-dealkylation sites (tertiary alicyclic amines) is 1. The first-order valence-electron chi connectivity index (χ1n) is 19.4. The fourth-order valence-corrected chi connectivity index (χ4v) is 9.61. The second kappa shape index (κ2) is 16.4. The van der Waals surface area contributed by atoms with Crippen LogP contribution >= 0.6 is 15.9 Å². The Balaban J connectivity index is 1.39. The van der Waals surface area contributed by atoms with Crippen molar-refractivity contribution in [3.63, 3.8) is 0 Å². The first-order chi connectivity index (χ1) is 27.1. The van der Waals surface area contributed by atoms with Gasteiger partial charge in [0.2, 0.25) is 11.8 Å². The molecular formula is C44H49BrN4O7. The van der Waals surface area contributed by atoms with E-state index in [4.69, 9.17) is 9.47 Å². The first-order valence-corrected chi connectivity index (χ1v) is 20.2. The van der Waals surface area contributed by atoms with Gasteiger partial charge in [0.05, 0.1) is 24.6 Å². The average molecular weight is 826 g/mol. The highest BCUT2D eigenvalue weighted by atomic mass is 79.9. The maximum absolute atomic E-state index is 15.5. The molecule has 0 aliphatic carbocycles. The molecule has 0 aromatic heterocycles. The van der Waals surface area contributed by atoms with Crippen LogP contribution in [0.2, 0.25) is 0 Å². The fraction of sp³-hybridized carbons (Fsp3) is 0.409. The van der Waals surface area contributed by atoms with Gasteiger partial charge in [0, 0.05) is 49.0 Å². The van der Waals surface area contributed by atoms with Crippen LogP contribution in [-0.2, 0) is 28.7 Å². The second-order valence-corrected chi connectivity index (χ2v) is 15.8. The molecule has 4 heterocycles. The topological polar surface area (TPSA) is 120 Å². The molecule has 56 heavy (non-hydrogen) atoms. The van der Waals surface area contributed by atoms with Crippen molar-refractivity contribution in [2.45, 2.75) is 69.5 Å². The number of hydrogen-bond acceptors (Lipinski definition) is 8. The second-order valence-electron chi connectivity index (χ2n) is 14.8. The van der Waals surface area contributed by atoms with E-state index in [1.54, 1.807) is 22.9 Å². The van der Waals surface area contributed by atoms with Gasteiger partial charge in [0.25, 0.3) is 5.91 Å². The molecule has 4 aliphatic rings. The lowest BCUT2D eigenvalue weighted by molar-refractivity contribution is -0.164. The summed E-state index contributed by atoms with van der Waals surface area (Å²) in [6.07, 6.45) is 4.38. The Kier molecular flexibility index (Phi) is 11.5. The number of cyclic esters (lactones) is 1. The molecule has 5 bridgehead atoms. The largest absolute Gasteiger partial charge is 0.455 e. The number of aliphatic hydroxyl groups is 1. The van der Waals surface area contributed by atoms with E-state index in [0.717, 1.165) is 18.8 Å². The van der Waals surface area contributed by atoms with E-state index in [0.29, 0.717) is 27.7 Å². The van der Waals surface area contributed by atoms with Crippen molar-refractivity contribution in [3.05, 3.63) is 119 Å². The SMILES string of the molecule is CCN(CC)c1ccc(N2C/C=C\CCC(=O)N(C)[C@H](C)[C@@H](c3ccccc3)OC(=O)[C@@H]3[C@H]4O[C@@]5(C=C4Br)[C@H](C2=O)N([C@H](CO)c2ccccc2)C(=O)[C@@H]35)cc1. The summed E-state index contributed by atoms with van der Waals surface area (Å²) < 4.78 is 13.7. The maximum atomic E-state index is 15.5. The quantitative estimate of drug-likeness (QED) is 0.219. The summed E-state index contributed by atoms with van der Waals surface area (Å²) in [6, 6.07) is 23.3. The third-order valence-corrected chi connectivity index (χ3v) is 12.6. The molecule has 0 saturated carbocycles. The van der Waals surface area contributed by atoms with Gasteiger partial charge in [-0.3, -0.25) is 19.2 Å². The third kappa shape index (κ3) is 6.85. The highest BCUT2D eigenvalue weighted by Crippen LogP contribution is 2.60. The molecule has 4 aliphatic heterocycles. The number of ether oxygens (including phenoxy) is 2. The molecule has 3 aromatic carbocycles. The zero-order chi connectivity index (χ0) is 39.7. The van der Waals surface area contributed by atoms with Gasteiger partial charge < -0.3 is 34.2 Å². The van der Waals surface area contributed by atoms with Crippen molar-refractivity contribution >= 4 is 51.0 Å². The summed E-state index contributed by atoms with van der Waals surface area (Å²) >= 11 is 3.66. The molecule has 0 radical (unpaired) electrons. The number of likely N-dealkylation sites (N-methyl/N-ethyl adjacent to an activating group) is 1. The number of hydrogen-bond donors (Lipinski definition) is 1. The van der Waals surface area contributed by atoms with Crippen molar-refractivity contribution < 1.29 is 33.8 Å². The van der Waals surface area contributed by atoms with Gasteiger partial charge in [-0.25, -0.2) is 0 Å². The smallest absolute Gasteiger partial charge is 0.313 e. The van der Waals surface area contributed by atoms with Gasteiger partial charge in [0.15, 0.2) is 0 Å². The zero-order valence-electron chi connectivity index (χ0n) is 32.2. The van der Waals surface area contributed by atoms with Crippen molar-refractivity contribution in [3.8, 4) is 0 Å². The minimum Gasteiger partial charge on any atom is -0.455 e. The van der Waals surface area contributed by atoms with E-state index in [1.165, 1.54) is 4.90 Å². The van der Waals surface area contributed by atoms with E-state index in [1.807, 2.05) is 104 Å². The normalized spacial score (nSPS) is 29.2. The summed E-state index contributed by atoms with van der Waals surface area (Å²) in [6.45, 7) is 7.30. The Hall–Kier alpha value is -4.78. The number of rotatable bonds is 8. The van der Waals surface area contributed by atoms with Crippen LogP contribution in [0.3, 0.4) is 0 Å². The fourth-order valence-electron chi connectivity index (χ4n) is 8.88. The van der Waals surface area contributed by atoms with Gasteiger partial charge >= 0.3 is 5.97 Å². The van der Waals surface area contributed by atoms with Crippen LogP contribution in [0.5, 0.6) is 0 Å². The number of carbonyl (C=O) groups excluding carboxylic acids is 4. The number of halogens is 1. The Morgan fingerprint density at radius 3 is 2.20 bits per heavy atom. The molecule has 0 unspecified atom stereocenters. The molecule has 8 atom stereocenters. The molecule has 7 rings (SSSR count). The lowest BCUT2D eigenvalue weighted by atomic mass is 9.74. The summed E-state index contributed by atoms with van der Waals surface area (Å²) in [5, 5.41) is 11.0. The minimum absolute atomic E-state index is 0.128. The summed E-state index contributed by atoms with van der Waals surface area (Å²) in [7, 11) is 1.70. The number of aliphatic hydroxyl groups excluding tert-OH is 1. The molecule has 12 heteroatoms. The van der Waals surface area contributed by atoms with E-state index < -0.39 is 72.2 Å². The lowest BCUT2D eigenvalue weighted by Crippen LogP contribution is -2.57. The summed E-state index contributed by atoms with van der Waals surface area (Å²) in [5.74, 6) is -4.00. The molecular weight excluding hydrogens is 776 g/mol. The van der Waals surface area contributed by atoms with Gasteiger partial charge in [-0.1, -0.05) is 88.7 Å². The average Bonchev–Trinajstić information content (AvgIpc) is 3.82. The number of nitrogens with zero attached hydrogens (tertiary/aromatic N) is 4. The Labute approximate surface area is 336 Å². The predicted octanol–water partition coefficient (Wildman–Crippen LogP) is 5.95. The standard InChI is InChI=1S/C44H49BrN4O7/c1-5-47(6-2)31-21-23-32(24-22-31)48-25-15-9-14-20-35(51)46(4)28(3)38(30-18-12-8-13-19-30)55-43(54)36-37-41(52)49(34(27-50)29-16-10-7-11-17-29)40(42(48)53)44(37)26-33(45)39(36)56-44/h7-13,15-19,21-24,26,28,34,36-40,50H,5-6,14,20,25,27H2,1-4H3/b15-9-/t28-,34-,36+,37-,38+,39+,40+,44-/m1/s1. The lowest BCUT2D eigenvalue weighted by Gasteiger charge is -2.39. The predicted molar refractivity (Wildman–Crippen MR) is 217 cm³/mol. The van der Waals surface area contributed by atoms with E-state index in [9.17, 15) is 14.7 Å². The first kappa shape index (κ1) is 39.5. The minimum atomic E-state index is -1.57. The van der Waals surface area contributed by atoms with E-state index in [-0.39, 0.29) is 18.9 Å². The van der Waals surface area contributed by atoms with Crippen molar-refractivity contribution in [2.75, 3.05) is 43.1 Å². The van der Waals surface area contributed by atoms with Crippen LogP contribution in [0.15, 0.2) is 108 Å². The number of anilines is 2. The summed E-state index contributed by atoms with van der Waals surface area (Å²) in [5.41, 5.74) is 1.37. The van der Waals surface area contributed by atoms with Crippen molar-refractivity contribution in [2.24, 2.45) is 11.8 Å². The molecule has 294 valence electrons. The van der Waals surface area contributed by atoms with Gasteiger partial charge in [-0.05, 0) is 68.7 Å². The van der Waals surface area contributed by atoms with Crippen LogP contribution in [-0.4, -0.2) is 95.7 Å². The van der Waals surface area contributed by atoms with Gasteiger partial charge in [-0.15, -0.1) is 0 Å². The Morgan fingerprint density at radius 1 is 0.893 bits per heavy atom. The zero-order valence-corrected chi connectivity index (χ0v) is 33.7. The Morgan fingerprint density at radius 2 is 1.55 bits per heavy atom. The Bertz CT molecular complexity index is 1990. The van der Waals surface area contributed by atoms with Crippen molar-refractivity contribution in [1.82, 2.24) is 9.80 Å². The van der Waals surface area contributed by atoms with Gasteiger partial charge in [0.1, 0.15) is 29.8 Å². The molecule has 11 nitrogen and oxygen atoms in total. The molecule has 3 amide bonds. The number of allylic oxidation sites excluding steroid dienone is 1.